The fourth-order valence-electron chi connectivity index (χ4n) is 1.71. The Morgan fingerprint density at radius 1 is 1.41 bits per heavy atom. The zero-order valence-corrected chi connectivity index (χ0v) is 10.1. The number of nitrogens with one attached hydrogen (secondary N) is 1. The van der Waals surface area contributed by atoms with Crippen LogP contribution in [0.25, 0.3) is 0 Å². The zero-order chi connectivity index (χ0) is 12.3. The minimum Gasteiger partial charge on any atom is -0.398 e. The molecule has 0 aromatic carbocycles. The van der Waals surface area contributed by atoms with Crippen LogP contribution in [0.3, 0.4) is 0 Å². The number of rotatable bonds is 3. The number of nitrogens with zero attached hydrogens (tertiary/aromatic N) is 1. The van der Waals surface area contributed by atoms with Gasteiger partial charge in [-0.1, -0.05) is 0 Å². The molecule has 0 atom stereocenters. The predicted octanol–water partition coefficient (Wildman–Crippen LogP) is 0.121. The minimum atomic E-state index is -3.58. The van der Waals surface area contributed by atoms with E-state index in [9.17, 15) is 8.42 Å². The highest BCUT2D eigenvalue weighted by Gasteiger charge is 2.23. The Hall–Kier alpha value is -1.18. The van der Waals surface area contributed by atoms with Crippen LogP contribution in [-0.4, -0.2) is 32.7 Å². The lowest BCUT2D eigenvalue weighted by Crippen LogP contribution is -2.39. The summed E-state index contributed by atoms with van der Waals surface area (Å²) >= 11 is 0. The number of ether oxygens (including phenoxy) is 1. The number of aromatic nitrogens is 1. The SMILES string of the molecule is Nc1ccncc1S(=O)(=O)NC1CCOCC1. The van der Waals surface area contributed by atoms with E-state index in [0.717, 1.165) is 0 Å². The van der Waals surface area contributed by atoms with E-state index in [1.165, 1.54) is 18.5 Å². The fraction of sp³-hybridized carbons (Fsp3) is 0.500. The molecule has 1 fully saturated rings. The summed E-state index contributed by atoms with van der Waals surface area (Å²) in [7, 11) is -3.58. The van der Waals surface area contributed by atoms with Crippen molar-refractivity contribution in [2.24, 2.45) is 0 Å². The van der Waals surface area contributed by atoms with Gasteiger partial charge in [-0.15, -0.1) is 0 Å². The first-order chi connectivity index (χ1) is 8.09. The van der Waals surface area contributed by atoms with Gasteiger partial charge in [0.25, 0.3) is 0 Å². The lowest BCUT2D eigenvalue weighted by molar-refractivity contribution is 0.0832. The number of hydrogen-bond donors (Lipinski definition) is 2. The fourth-order valence-corrected chi connectivity index (χ4v) is 3.09. The van der Waals surface area contributed by atoms with Crippen LogP contribution in [-0.2, 0) is 14.8 Å². The predicted molar refractivity (Wildman–Crippen MR) is 62.8 cm³/mol. The summed E-state index contributed by atoms with van der Waals surface area (Å²) in [6.45, 7) is 1.16. The lowest BCUT2D eigenvalue weighted by Gasteiger charge is -2.23. The van der Waals surface area contributed by atoms with E-state index in [-0.39, 0.29) is 16.6 Å². The largest absolute Gasteiger partial charge is 0.398 e. The molecule has 0 amide bonds. The minimum absolute atomic E-state index is 0.0338. The van der Waals surface area contributed by atoms with E-state index >= 15 is 0 Å². The topological polar surface area (TPSA) is 94.3 Å². The summed E-state index contributed by atoms with van der Waals surface area (Å²) in [5.41, 5.74) is 5.84. The summed E-state index contributed by atoms with van der Waals surface area (Å²) in [6.07, 6.45) is 4.08. The third-order valence-corrected chi connectivity index (χ3v) is 4.21. The van der Waals surface area contributed by atoms with Crippen molar-refractivity contribution in [1.29, 1.82) is 0 Å². The second kappa shape index (κ2) is 4.99. The molecule has 1 aromatic heterocycles. The maximum atomic E-state index is 12.0. The normalized spacial score (nSPS) is 18.1. The summed E-state index contributed by atoms with van der Waals surface area (Å²) in [5.74, 6) is 0. The van der Waals surface area contributed by atoms with E-state index in [4.69, 9.17) is 10.5 Å². The van der Waals surface area contributed by atoms with Gasteiger partial charge in [-0.2, -0.15) is 0 Å². The van der Waals surface area contributed by atoms with E-state index < -0.39 is 10.0 Å². The van der Waals surface area contributed by atoms with Crippen LogP contribution in [0.5, 0.6) is 0 Å². The molecule has 1 aliphatic heterocycles. The Labute approximate surface area is 100 Å². The molecule has 0 saturated carbocycles. The van der Waals surface area contributed by atoms with E-state index in [0.29, 0.717) is 26.1 Å². The molecule has 1 aromatic rings. The number of anilines is 1. The van der Waals surface area contributed by atoms with Crippen molar-refractivity contribution in [3.63, 3.8) is 0 Å². The molecule has 0 bridgehead atoms. The molecule has 0 unspecified atom stereocenters. The Kier molecular flexibility index (Phi) is 3.60. The standard InChI is InChI=1S/C10H15N3O3S/c11-9-1-4-12-7-10(9)17(14,15)13-8-2-5-16-6-3-8/h1,4,7-8,13H,2-3,5-6H2,(H2,11,12). The van der Waals surface area contributed by atoms with Crippen LogP contribution in [0.2, 0.25) is 0 Å². The first-order valence-corrected chi connectivity index (χ1v) is 6.87. The first-order valence-electron chi connectivity index (χ1n) is 5.39. The number of nitrogens with two attached hydrogens (primary N) is 1. The van der Waals surface area contributed by atoms with Gasteiger partial charge in [0.2, 0.25) is 10.0 Å². The Bertz CT molecular complexity index is 483. The molecule has 1 aliphatic rings. The molecular weight excluding hydrogens is 242 g/mol. The first kappa shape index (κ1) is 12.3. The molecule has 2 heterocycles. The van der Waals surface area contributed by atoms with Crippen molar-refractivity contribution in [2.75, 3.05) is 18.9 Å². The lowest BCUT2D eigenvalue weighted by atomic mass is 10.1. The van der Waals surface area contributed by atoms with Gasteiger partial charge in [-0.25, -0.2) is 13.1 Å². The average molecular weight is 257 g/mol. The van der Waals surface area contributed by atoms with Crippen molar-refractivity contribution in [2.45, 2.75) is 23.8 Å². The van der Waals surface area contributed by atoms with Crippen LogP contribution >= 0.6 is 0 Å². The number of sulfonamides is 1. The van der Waals surface area contributed by atoms with Gasteiger partial charge in [0, 0.05) is 31.6 Å². The van der Waals surface area contributed by atoms with Crippen LogP contribution in [0.1, 0.15) is 12.8 Å². The molecule has 1 saturated heterocycles. The Morgan fingerprint density at radius 3 is 2.76 bits per heavy atom. The quantitative estimate of drug-likeness (QED) is 0.802. The number of pyridine rings is 1. The monoisotopic (exact) mass is 257 g/mol. The van der Waals surface area contributed by atoms with Crippen molar-refractivity contribution in [3.05, 3.63) is 18.5 Å². The van der Waals surface area contributed by atoms with Gasteiger partial charge in [0.1, 0.15) is 4.90 Å². The third kappa shape index (κ3) is 2.93. The summed E-state index contributed by atoms with van der Waals surface area (Å²) in [5, 5.41) is 0. The number of hydrogen-bond acceptors (Lipinski definition) is 5. The third-order valence-electron chi connectivity index (χ3n) is 2.65. The molecule has 17 heavy (non-hydrogen) atoms. The van der Waals surface area contributed by atoms with E-state index in [2.05, 4.69) is 9.71 Å². The highest BCUT2D eigenvalue weighted by atomic mass is 32.2. The zero-order valence-electron chi connectivity index (χ0n) is 9.30. The van der Waals surface area contributed by atoms with E-state index in [1.54, 1.807) is 0 Å². The van der Waals surface area contributed by atoms with Crippen LogP contribution < -0.4 is 10.5 Å². The van der Waals surface area contributed by atoms with Gasteiger partial charge in [-0.3, -0.25) is 4.98 Å². The van der Waals surface area contributed by atoms with Gasteiger partial charge >= 0.3 is 0 Å². The van der Waals surface area contributed by atoms with Crippen molar-refractivity contribution in [3.8, 4) is 0 Å². The summed E-state index contributed by atoms with van der Waals surface area (Å²) in [4.78, 5) is 3.81. The molecule has 3 N–H and O–H groups in total. The van der Waals surface area contributed by atoms with Crippen LogP contribution in [0.4, 0.5) is 5.69 Å². The average Bonchev–Trinajstić information content (AvgIpc) is 2.30. The van der Waals surface area contributed by atoms with E-state index in [1.807, 2.05) is 0 Å². The smallest absolute Gasteiger partial charge is 0.244 e. The second-order valence-electron chi connectivity index (χ2n) is 3.92. The van der Waals surface area contributed by atoms with Gasteiger partial charge in [0.15, 0.2) is 0 Å². The molecule has 0 radical (unpaired) electrons. The van der Waals surface area contributed by atoms with Crippen molar-refractivity contribution in [1.82, 2.24) is 9.71 Å². The molecule has 0 aliphatic carbocycles. The highest BCUT2D eigenvalue weighted by Crippen LogP contribution is 2.17. The molecule has 7 heteroatoms. The molecule has 94 valence electrons. The van der Waals surface area contributed by atoms with Crippen LogP contribution in [0, 0.1) is 0 Å². The highest BCUT2D eigenvalue weighted by molar-refractivity contribution is 7.89. The van der Waals surface area contributed by atoms with Gasteiger partial charge < -0.3 is 10.5 Å². The maximum absolute atomic E-state index is 12.0. The van der Waals surface area contributed by atoms with Gasteiger partial charge in [-0.05, 0) is 18.9 Å². The van der Waals surface area contributed by atoms with Gasteiger partial charge in [0.05, 0.1) is 5.69 Å². The Morgan fingerprint density at radius 2 is 2.12 bits per heavy atom. The van der Waals surface area contributed by atoms with Crippen molar-refractivity contribution >= 4 is 15.7 Å². The molecule has 2 rings (SSSR count). The molecular formula is C10H15N3O3S. The van der Waals surface area contributed by atoms with Crippen LogP contribution in [0.15, 0.2) is 23.4 Å². The second-order valence-corrected chi connectivity index (χ2v) is 5.60. The van der Waals surface area contributed by atoms with Crippen molar-refractivity contribution < 1.29 is 13.2 Å². The molecule has 6 nitrogen and oxygen atoms in total. The summed E-state index contributed by atoms with van der Waals surface area (Å²) < 4.78 is 31.9. The number of nitrogen functional groups attached to an aromatic ring is 1. The summed E-state index contributed by atoms with van der Waals surface area (Å²) in [6, 6.07) is 1.38. The Balaban J connectivity index is 2.16. The molecule has 0 spiro atoms. The maximum Gasteiger partial charge on any atom is 0.244 e.